The summed E-state index contributed by atoms with van der Waals surface area (Å²) in [6.07, 6.45) is 2.32. The van der Waals surface area contributed by atoms with Crippen LogP contribution in [0.1, 0.15) is 43.2 Å². The number of nitrogens with zero attached hydrogens (tertiary/aromatic N) is 5. The molecule has 6 rings (SSSR count). The number of hydrogen-bond donors (Lipinski definition) is 1. The van der Waals surface area contributed by atoms with Crippen molar-refractivity contribution in [2.24, 2.45) is 17.8 Å². The fourth-order valence-corrected chi connectivity index (χ4v) is 7.90. The van der Waals surface area contributed by atoms with Crippen molar-refractivity contribution in [1.82, 2.24) is 9.80 Å². The van der Waals surface area contributed by atoms with Gasteiger partial charge in [-0.15, -0.1) is 0 Å². The molecule has 4 fully saturated rings. The number of carbonyl (C=O) groups is 1. The number of aliphatic hydroxyl groups is 1. The predicted molar refractivity (Wildman–Crippen MR) is 150 cm³/mol. The number of carbonyl (C=O) groups excluding carboxylic acids is 1. The van der Waals surface area contributed by atoms with E-state index >= 15 is 0 Å². The van der Waals surface area contributed by atoms with Gasteiger partial charge in [0.15, 0.2) is 6.23 Å². The van der Waals surface area contributed by atoms with E-state index in [1.54, 1.807) is 6.07 Å². The topological polar surface area (TPSA) is 104 Å². The second-order valence-corrected chi connectivity index (χ2v) is 12.1. The number of piperidine rings is 1. The van der Waals surface area contributed by atoms with Gasteiger partial charge in [-0.3, -0.25) is 4.90 Å². The molecule has 41 heavy (non-hydrogen) atoms. The zero-order chi connectivity index (χ0) is 28.6. The van der Waals surface area contributed by atoms with E-state index in [1.165, 1.54) is 17.0 Å². The van der Waals surface area contributed by atoms with Crippen LogP contribution in [0.3, 0.4) is 0 Å². The first-order valence-electron chi connectivity index (χ1n) is 14.7. The maximum Gasteiger partial charge on any atom is 0.412 e. The molecule has 214 valence electrons. The smallest absolute Gasteiger partial charge is 0.412 e. The van der Waals surface area contributed by atoms with Gasteiger partial charge in [0, 0.05) is 43.2 Å². The summed E-state index contributed by atoms with van der Waals surface area (Å²) in [6, 6.07) is 18.7. The van der Waals surface area contributed by atoms with E-state index in [2.05, 4.69) is 21.9 Å². The zero-order valence-electron chi connectivity index (χ0n) is 23.2. The van der Waals surface area contributed by atoms with E-state index in [0.717, 1.165) is 64.1 Å². The van der Waals surface area contributed by atoms with Gasteiger partial charge in [-0.2, -0.15) is 10.5 Å². The molecule has 1 N–H and O–H groups in total. The minimum atomic E-state index is -1.02. The Bertz CT molecular complexity index is 1340. The fraction of sp³-hybridized carbons (Fsp3) is 0.531. The number of likely N-dealkylation sites (tertiary alicyclic amines) is 1. The Morgan fingerprint density at radius 1 is 1.05 bits per heavy atom. The number of benzene rings is 2. The molecule has 3 heterocycles. The van der Waals surface area contributed by atoms with Gasteiger partial charge in [0.1, 0.15) is 12.4 Å². The number of ether oxygens (including phenoxy) is 1. The summed E-state index contributed by atoms with van der Waals surface area (Å²) < 4.78 is 19.7. The second-order valence-electron chi connectivity index (χ2n) is 12.1. The standard InChI is InChI=1S/C32H36FN5O3/c33-26-4-1-3-25(15-26)32(21-35,28-5-2-6-29(28)38-30(39)20-41-31(38)40)24-11-13-36(14-12-24)17-23-18-37(19-23)27-9-7-22(16-34)8-10-27/h1,3-4,7-10,15,23-24,28-30,39H,2,5-6,11-14,17-20H2/t28-,29-,30?,32-/m0/s1. The maximum absolute atomic E-state index is 14.6. The second kappa shape index (κ2) is 11.3. The molecular formula is C32H36FN5O3. The van der Waals surface area contributed by atoms with Gasteiger partial charge in [-0.05, 0) is 86.7 Å². The van der Waals surface area contributed by atoms with Crippen LogP contribution in [0.15, 0.2) is 48.5 Å². The van der Waals surface area contributed by atoms with Crippen molar-refractivity contribution in [3.05, 3.63) is 65.5 Å². The van der Waals surface area contributed by atoms with E-state index in [0.29, 0.717) is 23.5 Å². The SMILES string of the molecule is N#Cc1ccc(N2CC(CN3CCC([C@@](C#N)(c4cccc(F)c4)[C@H]4CCC[C@@H]4N4C(=O)OCC4O)CC3)C2)cc1. The van der Waals surface area contributed by atoms with E-state index in [9.17, 15) is 19.6 Å². The molecule has 1 unspecified atom stereocenters. The molecule has 9 heteroatoms. The monoisotopic (exact) mass is 557 g/mol. The number of cyclic esters (lactones) is 1. The van der Waals surface area contributed by atoms with Crippen LogP contribution in [-0.2, 0) is 10.2 Å². The first-order valence-corrected chi connectivity index (χ1v) is 14.7. The lowest BCUT2D eigenvalue weighted by atomic mass is 9.59. The third kappa shape index (κ3) is 5.03. The largest absolute Gasteiger partial charge is 0.445 e. The van der Waals surface area contributed by atoms with Crippen molar-refractivity contribution in [3.8, 4) is 12.1 Å². The molecule has 4 aliphatic rings. The average molecular weight is 558 g/mol. The van der Waals surface area contributed by atoms with Crippen molar-refractivity contribution >= 4 is 11.8 Å². The molecule has 0 bridgehead atoms. The lowest BCUT2D eigenvalue weighted by Gasteiger charge is -2.48. The lowest BCUT2D eigenvalue weighted by molar-refractivity contribution is 0.00667. The summed E-state index contributed by atoms with van der Waals surface area (Å²) in [5.74, 6) is -0.0262. The highest BCUT2D eigenvalue weighted by atomic mass is 19.1. The van der Waals surface area contributed by atoms with E-state index in [4.69, 9.17) is 10.00 Å². The van der Waals surface area contributed by atoms with E-state index in [-0.39, 0.29) is 30.3 Å². The Kier molecular flexibility index (Phi) is 7.59. The molecule has 1 aliphatic carbocycles. The summed E-state index contributed by atoms with van der Waals surface area (Å²) in [5, 5.41) is 30.6. The van der Waals surface area contributed by atoms with Crippen LogP contribution in [0, 0.1) is 46.2 Å². The van der Waals surface area contributed by atoms with Crippen molar-refractivity contribution in [3.63, 3.8) is 0 Å². The van der Waals surface area contributed by atoms with E-state index < -0.39 is 17.7 Å². The third-order valence-electron chi connectivity index (χ3n) is 9.86. The molecule has 3 saturated heterocycles. The fourth-order valence-electron chi connectivity index (χ4n) is 7.90. The van der Waals surface area contributed by atoms with Gasteiger partial charge in [0.25, 0.3) is 0 Å². The first kappa shape index (κ1) is 27.5. The molecule has 0 spiro atoms. The van der Waals surface area contributed by atoms with Crippen LogP contribution >= 0.6 is 0 Å². The van der Waals surface area contributed by atoms with Crippen LogP contribution < -0.4 is 4.90 Å². The summed E-state index contributed by atoms with van der Waals surface area (Å²) in [6.45, 7) is 4.62. The minimum Gasteiger partial charge on any atom is -0.445 e. The Morgan fingerprint density at radius 2 is 1.80 bits per heavy atom. The van der Waals surface area contributed by atoms with Gasteiger partial charge in [-0.25, -0.2) is 9.18 Å². The number of amides is 1. The van der Waals surface area contributed by atoms with Gasteiger partial charge in [-0.1, -0.05) is 18.6 Å². The van der Waals surface area contributed by atoms with Crippen LogP contribution in [0.2, 0.25) is 0 Å². The summed E-state index contributed by atoms with van der Waals surface area (Å²) in [7, 11) is 0. The van der Waals surface area contributed by atoms with Crippen LogP contribution in [0.5, 0.6) is 0 Å². The molecule has 2 aromatic rings. The Morgan fingerprint density at radius 3 is 2.44 bits per heavy atom. The molecule has 0 radical (unpaired) electrons. The molecule has 0 aromatic heterocycles. The zero-order valence-corrected chi connectivity index (χ0v) is 23.2. The maximum atomic E-state index is 14.6. The molecule has 8 nitrogen and oxygen atoms in total. The number of rotatable bonds is 7. The Balaban J connectivity index is 1.16. The average Bonchev–Trinajstić information content (AvgIpc) is 3.58. The van der Waals surface area contributed by atoms with Crippen LogP contribution in [0.25, 0.3) is 0 Å². The Hall–Kier alpha value is -3.66. The first-order chi connectivity index (χ1) is 19.9. The van der Waals surface area contributed by atoms with Crippen molar-refractivity contribution in [2.45, 2.75) is 49.8 Å². The van der Waals surface area contributed by atoms with Gasteiger partial charge in [0.2, 0.25) is 0 Å². The number of anilines is 1. The number of halogens is 1. The number of aliphatic hydroxyl groups excluding tert-OH is 1. The summed E-state index contributed by atoms with van der Waals surface area (Å²) >= 11 is 0. The highest BCUT2D eigenvalue weighted by Crippen LogP contribution is 2.52. The van der Waals surface area contributed by atoms with Gasteiger partial charge >= 0.3 is 6.09 Å². The molecule has 4 atom stereocenters. The molecular weight excluding hydrogens is 521 g/mol. The van der Waals surface area contributed by atoms with Gasteiger partial charge in [0.05, 0.1) is 23.1 Å². The molecule has 1 amide bonds. The number of hydrogen-bond acceptors (Lipinski definition) is 7. The quantitative estimate of drug-likeness (QED) is 0.543. The minimum absolute atomic E-state index is 0.00320. The van der Waals surface area contributed by atoms with Crippen molar-refractivity contribution < 1.29 is 19.0 Å². The van der Waals surface area contributed by atoms with E-state index in [1.807, 2.05) is 30.3 Å². The predicted octanol–water partition coefficient (Wildman–Crippen LogP) is 4.25. The van der Waals surface area contributed by atoms with Crippen LogP contribution in [0.4, 0.5) is 14.9 Å². The Labute approximate surface area is 240 Å². The summed E-state index contributed by atoms with van der Waals surface area (Å²) in [5.41, 5.74) is 1.52. The molecule has 1 saturated carbocycles. The van der Waals surface area contributed by atoms with Crippen molar-refractivity contribution in [1.29, 1.82) is 10.5 Å². The molecule has 2 aromatic carbocycles. The third-order valence-corrected chi connectivity index (χ3v) is 9.86. The molecule has 3 aliphatic heterocycles. The lowest BCUT2D eigenvalue weighted by Crippen LogP contribution is -2.55. The van der Waals surface area contributed by atoms with Gasteiger partial charge < -0.3 is 19.6 Å². The van der Waals surface area contributed by atoms with Crippen molar-refractivity contribution in [2.75, 3.05) is 44.2 Å². The number of nitriles is 2. The highest BCUT2D eigenvalue weighted by molar-refractivity contribution is 5.70. The van der Waals surface area contributed by atoms with Crippen LogP contribution in [-0.4, -0.2) is 72.6 Å². The highest BCUT2D eigenvalue weighted by Gasteiger charge is 2.56. The normalized spacial score (nSPS) is 27.1. The summed E-state index contributed by atoms with van der Waals surface area (Å²) in [4.78, 5) is 18.8.